The summed E-state index contributed by atoms with van der Waals surface area (Å²) in [7, 11) is 0. The Morgan fingerprint density at radius 3 is 2.10 bits per heavy atom. The Hall–Kier alpha value is -1.99. The summed E-state index contributed by atoms with van der Waals surface area (Å²) < 4.78 is 13.9. The summed E-state index contributed by atoms with van der Waals surface area (Å²) >= 11 is 0. The smallest absolute Gasteiger partial charge is 0.231 e. The highest BCUT2D eigenvalue weighted by molar-refractivity contribution is 5.79. The SMILES string of the molecule is CC(N)C(c1ccccc1F)N(CC(N)=O)CC(N)=O. The molecule has 0 aromatic heterocycles. The summed E-state index contributed by atoms with van der Waals surface area (Å²) in [6, 6.07) is 4.85. The molecule has 0 radical (unpaired) electrons. The molecule has 0 aliphatic rings. The zero-order valence-corrected chi connectivity index (χ0v) is 11.3. The molecule has 1 aromatic rings. The number of nitrogens with two attached hydrogens (primary N) is 3. The molecule has 0 spiro atoms. The van der Waals surface area contributed by atoms with Gasteiger partial charge >= 0.3 is 0 Å². The lowest BCUT2D eigenvalue weighted by molar-refractivity contribution is -0.123. The van der Waals surface area contributed by atoms with Crippen LogP contribution in [0.2, 0.25) is 0 Å². The number of rotatable bonds is 7. The standard InChI is InChI=1S/C13H19FN4O2/c1-8(15)13(9-4-2-3-5-10(9)14)18(6-11(16)19)7-12(17)20/h2-5,8,13H,6-7,15H2,1H3,(H2,16,19)(H2,17,20). The number of primary amides is 2. The molecule has 0 heterocycles. The molecule has 1 aromatic carbocycles. The van der Waals surface area contributed by atoms with Gasteiger partial charge in [0.1, 0.15) is 5.82 Å². The van der Waals surface area contributed by atoms with Gasteiger partial charge in [-0.3, -0.25) is 14.5 Å². The lowest BCUT2D eigenvalue weighted by Crippen LogP contribution is -2.47. The fraction of sp³-hybridized carbons (Fsp3) is 0.385. The first-order chi connectivity index (χ1) is 9.32. The van der Waals surface area contributed by atoms with Crippen molar-refractivity contribution in [1.29, 1.82) is 0 Å². The highest BCUT2D eigenvalue weighted by Crippen LogP contribution is 2.25. The van der Waals surface area contributed by atoms with Crippen LogP contribution in [0.1, 0.15) is 18.5 Å². The largest absolute Gasteiger partial charge is 0.369 e. The molecule has 110 valence electrons. The monoisotopic (exact) mass is 282 g/mol. The van der Waals surface area contributed by atoms with E-state index in [0.29, 0.717) is 5.56 Å². The van der Waals surface area contributed by atoms with Gasteiger partial charge in [0.05, 0.1) is 19.1 Å². The summed E-state index contributed by atoms with van der Waals surface area (Å²) in [4.78, 5) is 23.6. The molecular formula is C13H19FN4O2. The highest BCUT2D eigenvalue weighted by atomic mass is 19.1. The minimum absolute atomic E-state index is 0.233. The summed E-state index contributed by atoms with van der Waals surface area (Å²) in [5, 5.41) is 0. The minimum Gasteiger partial charge on any atom is -0.369 e. The zero-order chi connectivity index (χ0) is 15.3. The van der Waals surface area contributed by atoms with Gasteiger partial charge in [-0.15, -0.1) is 0 Å². The van der Waals surface area contributed by atoms with Gasteiger partial charge in [0, 0.05) is 11.6 Å². The minimum atomic E-state index is -0.670. The molecule has 20 heavy (non-hydrogen) atoms. The molecule has 0 fully saturated rings. The lowest BCUT2D eigenvalue weighted by atomic mass is 9.98. The van der Waals surface area contributed by atoms with E-state index in [-0.39, 0.29) is 13.1 Å². The van der Waals surface area contributed by atoms with Gasteiger partial charge in [-0.05, 0) is 13.0 Å². The number of carbonyl (C=O) groups is 2. The first-order valence-electron chi connectivity index (χ1n) is 6.13. The molecule has 2 unspecified atom stereocenters. The third kappa shape index (κ3) is 4.29. The quantitative estimate of drug-likeness (QED) is 0.624. The molecule has 0 aliphatic heterocycles. The molecule has 0 saturated carbocycles. The second-order valence-electron chi connectivity index (χ2n) is 4.66. The highest BCUT2D eigenvalue weighted by Gasteiger charge is 2.28. The fourth-order valence-electron chi connectivity index (χ4n) is 2.18. The van der Waals surface area contributed by atoms with Gasteiger partial charge in [-0.1, -0.05) is 18.2 Å². The maximum absolute atomic E-state index is 13.9. The van der Waals surface area contributed by atoms with Gasteiger partial charge in [-0.25, -0.2) is 4.39 Å². The first kappa shape index (κ1) is 16.1. The summed E-state index contributed by atoms with van der Waals surface area (Å²) in [6.45, 7) is 1.19. The van der Waals surface area contributed by atoms with Crippen molar-refractivity contribution in [3.63, 3.8) is 0 Å². The number of hydrogen-bond acceptors (Lipinski definition) is 4. The van der Waals surface area contributed by atoms with Gasteiger partial charge < -0.3 is 17.2 Å². The molecule has 6 nitrogen and oxygen atoms in total. The number of halogens is 1. The van der Waals surface area contributed by atoms with Gasteiger partial charge in [0.25, 0.3) is 0 Å². The van der Waals surface area contributed by atoms with E-state index in [0.717, 1.165) is 0 Å². The van der Waals surface area contributed by atoms with E-state index in [4.69, 9.17) is 17.2 Å². The second kappa shape index (κ2) is 6.97. The molecule has 7 heteroatoms. The Bertz CT molecular complexity index is 477. The summed E-state index contributed by atoms with van der Waals surface area (Å²) in [5.74, 6) is -1.75. The summed E-state index contributed by atoms with van der Waals surface area (Å²) in [5.41, 5.74) is 16.5. The van der Waals surface area contributed by atoms with E-state index in [1.54, 1.807) is 25.1 Å². The van der Waals surface area contributed by atoms with Crippen molar-refractivity contribution in [1.82, 2.24) is 4.90 Å². The Morgan fingerprint density at radius 2 is 1.70 bits per heavy atom. The second-order valence-corrected chi connectivity index (χ2v) is 4.66. The van der Waals surface area contributed by atoms with Crippen LogP contribution < -0.4 is 17.2 Å². The lowest BCUT2D eigenvalue weighted by Gasteiger charge is -2.33. The van der Waals surface area contributed by atoms with Gasteiger partial charge in [0.2, 0.25) is 11.8 Å². The molecule has 0 aliphatic carbocycles. The van der Waals surface area contributed by atoms with Gasteiger partial charge in [-0.2, -0.15) is 0 Å². The van der Waals surface area contributed by atoms with Crippen LogP contribution in [0.15, 0.2) is 24.3 Å². The molecule has 2 atom stereocenters. The van der Waals surface area contributed by atoms with Crippen LogP contribution in [0.3, 0.4) is 0 Å². The molecule has 1 rings (SSSR count). The molecule has 6 N–H and O–H groups in total. The molecular weight excluding hydrogens is 263 g/mol. The number of nitrogens with zero attached hydrogens (tertiary/aromatic N) is 1. The average molecular weight is 282 g/mol. The van der Waals surface area contributed by atoms with E-state index in [1.807, 2.05) is 0 Å². The van der Waals surface area contributed by atoms with Crippen molar-refractivity contribution in [3.05, 3.63) is 35.6 Å². The Kier molecular flexibility index (Phi) is 5.60. The Labute approximate surface area is 116 Å². The van der Waals surface area contributed by atoms with Crippen LogP contribution in [0.25, 0.3) is 0 Å². The Balaban J connectivity index is 3.17. The van der Waals surface area contributed by atoms with E-state index in [9.17, 15) is 14.0 Å². The van der Waals surface area contributed by atoms with Crippen LogP contribution in [0, 0.1) is 5.82 Å². The van der Waals surface area contributed by atoms with Crippen molar-refractivity contribution >= 4 is 11.8 Å². The van der Waals surface area contributed by atoms with Crippen molar-refractivity contribution < 1.29 is 14.0 Å². The predicted molar refractivity (Wildman–Crippen MR) is 72.8 cm³/mol. The number of carbonyl (C=O) groups excluding carboxylic acids is 2. The molecule has 2 amide bonds. The van der Waals surface area contributed by atoms with Gasteiger partial charge in [0.15, 0.2) is 0 Å². The number of amides is 2. The predicted octanol–water partition coefficient (Wildman–Crippen LogP) is -0.513. The van der Waals surface area contributed by atoms with E-state index in [2.05, 4.69) is 0 Å². The van der Waals surface area contributed by atoms with Crippen molar-refractivity contribution in [2.75, 3.05) is 13.1 Å². The van der Waals surface area contributed by atoms with E-state index >= 15 is 0 Å². The maximum Gasteiger partial charge on any atom is 0.231 e. The summed E-state index contributed by atoms with van der Waals surface area (Å²) in [6.07, 6.45) is 0. The van der Waals surface area contributed by atoms with Crippen LogP contribution in [-0.4, -0.2) is 35.8 Å². The third-order valence-electron chi connectivity index (χ3n) is 2.83. The van der Waals surface area contributed by atoms with Crippen molar-refractivity contribution in [2.24, 2.45) is 17.2 Å². The van der Waals surface area contributed by atoms with Crippen molar-refractivity contribution in [2.45, 2.75) is 19.0 Å². The van der Waals surface area contributed by atoms with Crippen LogP contribution >= 0.6 is 0 Å². The first-order valence-corrected chi connectivity index (χ1v) is 6.13. The zero-order valence-electron chi connectivity index (χ0n) is 11.3. The van der Waals surface area contributed by atoms with Crippen molar-refractivity contribution in [3.8, 4) is 0 Å². The van der Waals surface area contributed by atoms with Crippen LogP contribution in [0.4, 0.5) is 4.39 Å². The number of benzene rings is 1. The van der Waals surface area contributed by atoms with Crippen LogP contribution in [-0.2, 0) is 9.59 Å². The molecule has 0 saturated heterocycles. The fourth-order valence-corrected chi connectivity index (χ4v) is 2.18. The van der Waals surface area contributed by atoms with E-state index < -0.39 is 29.7 Å². The van der Waals surface area contributed by atoms with E-state index in [1.165, 1.54) is 11.0 Å². The Morgan fingerprint density at radius 1 is 1.20 bits per heavy atom. The van der Waals surface area contributed by atoms with Crippen LogP contribution in [0.5, 0.6) is 0 Å². The average Bonchev–Trinajstić information content (AvgIpc) is 2.29. The number of hydrogen-bond donors (Lipinski definition) is 3. The normalized spacial score (nSPS) is 14.0. The maximum atomic E-state index is 13.9. The topological polar surface area (TPSA) is 115 Å². The third-order valence-corrected chi connectivity index (χ3v) is 2.83. The molecule has 0 bridgehead atoms.